The van der Waals surface area contributed by atoms with Gasteiger partial charge in [-0.2, -0.15) is 0 Å². The lowest BCUT2D eigenvalue weighted by Gasteiger charge is -2.35. The van der Waals surface area contributed by atoms with Crippen LogP contribution in [0.2, 0.25) is 0 Å². The Bertz CT molecular complexity index is 1360. The number of pyridine rings is 1. The second kappa shape index (κ2) is 12.5. The summed E-state index contributed by atoms with van der Waals surface area (Å²) in [6.07, 6.45) is 14.6. The van der Waals surface area contributed by atoms with Gasteiger partial charge in [0.05, 0.1) is 17.5 Å². The number of nitrogens with one attached hydrogen (secondary N) is 2. The average Bonchev–Trinajstić information content (AvgIpc) is 3.30. The van der Waals surface area contributed by atoms with Crippen molar-refractivity contribution < 1.29 is 9.59 Å². The molecular formula is C32H38N4O2. The van der Waals surface area contributed by atoms with Crippen LogP contribution in [-0.4, -0.2) is 32.7 Å². The Labute approximate surface area is 225 Å². The van der Waals surface area contributed by atoms with E-state index in [0.717, 1.165) is 59.0 Å². The number of nitrogens with zero attached hydrogens (tertiary/aromatic N) is 2. The first kappa shape index (κ1) is 27.1. The lowest BCUT2D eigenvalue weighted by Crippen LogP contribution is -2.47. The maximum absolute atomic E-state index is 14.3. The van der Waals surface area contributed by atoms with Crippen LogP contribution in [0.15, 0.2) is 84.9 Å². The quantitative estimate of drug-likeness (QED) is 0.324. The number of aromatic nitrogens is 2. The van der Waals surface area contributed by atoms with Gasteiger partial charge in [0.1, 0.15) is 6.04 Å². The van der Waals surface area contributed by atoms with Crippen LogP contribution in [0.4, 0.5) is 0 Å². The molecule has 2 amide bonds. The first-order valence-corrected chi connectivity index (χ1v) is 13.5. The Hall–Kier alpha value is -3.93. The number of hydrogen-bond donors (Lipinski definition) is 2. The van der Waals surface area contributed by atoms with Crippen LogP contribution in [0.3, 0.4) is 0 Å². The molecule has 198 valence electrons. The molecule has 1 aliphatic rings. The summed E-state index contributed by atoms with van der Waals surface area (Å²) in [5.74, 6) is -0.345. The number of amides is 2. The van der Waals surface area contributed by atoms with Crippen molar-refractivity contribution >= 4 is 22.8 Å². The lowest BCUT2D eigenvalue weighted by atomic mass is 9.93. The zero-order valence-electron chi connectivity index (χ0n) is 22.7. The Morgan fingerprint density at radius 1 is 1.18 bits per heavy atom. The van der Waals surface area contributed by atoms with Crippen molar-refractivity contribution in [2.75, 3.05) is 0 Å². The molecule has 1 unspecified atom stereocenters. The van der Waals surface area contributed by atoms with Gasteiger partial charge in [-0.1, -0.05) is 61.8 Å². The number of H-pyrrole nitrogens is 1. The molecule has 1 saturated carbocycles. The molecule has 0 bridgehead atoms. The predicted octanol–water partition coefficient (Wildman–Crippen LogP) is 6.47. The Balaban J connectivity index is 1.81. The van der Waals surface area contributed by atoms with Gasteiger partial charge in [-0.15, -0.1) is 0 Å². The first-order valence-electron chi connectivity index (χ1n) is 13.5. The largest absolute Gasteiger partial charge is 0.360 e. The third-order valence-electron chi connectivity index (χ3n) is 7.08. The van der Waals surface area contributed by atoms with Gasteiger partial charge < -0.3 is 10.3 Å². The molecule has 0 saturated heterocycles. The van der Waals surface area contributed by atoms with Crippen molar-refractivity contribution in [2.24, 2.45) is 0 Å². The third-order valence-corrected chi connectivity index (χ3v) is 7.08. The van der Waals surface area contributed by atoms with Crippen molar-refractivity contribution in [3.63, 3.8) is 0 Å². The van der Waals surface area contributed by atoms with E-state index in [1.54, 1.807) is 11.1 Å². The minimum absolute atomic E-state index is 0.0984. The highest BCUT2D eigenvalue weighted by atomic mass is 16.2. The summed E-state index contributed by atoms with van der Waals surface area (Å²) in [6, 6.07) is 10.9. The maximum Gasteiger partial charge on any atom is 0.248 e. The van der Waals surface area contributed by atoms with Crippen LogP contribution in [-0.2, 0) is 16.0 Å². The second-order valence-electron chi connectivity index (χ2n) is 10.2. The molecule has 1 atom stereocenters. The van der Waals surface area contributed by atoms with E-state index in [1.807, 2.05) is 81.6 Å². The van der Waals surface area contributed by atoms with Gasteiger partial charge >= 0.3 is 0 Å². The average molecular weight is 511 g/mol. The summed E-state index contributed by atoms with van der Waals surface area (Å²) < 4.78 is 0. The number of benzene rings is 1. The van der Waals surface area contributed by atoms with Crippen molar-refractivity contribution in [2.45, 2.75) is 71.4 Å². The van der Waals surface area contributed by atoms with E-state index in [9.17, 15) is 9.59 Å². The topological polar surface area (TPSA) is 78.1 Å². The molecule has 0 spiro atoms. The molecule has 0 aliphatic heterocycles. The van der Waals surface area contributed by atoms with Gasteiger partial charge in [-0.25, -0.2) is 0 Å². The lowest BCUT2D eigenvalue weighted by molar-refractivity contribution is -0.138. The highest BCUT2D eigenvalue weighted by molar-refractivity contribution is 5.93. The van der Waals surface area contributed by atoms with Gasteiger partial charge in [-0.3, -0.25) is 19.5 Å². The standard InChI is InChI=1S/C32H38N4O2/c1-5-12-26(19-22(2)3)36(29(37)20-24-21-34-28-17-11-18-33-30(24)28)31(27-16-10-9-13-23(27)4)32(38)35-25-14-7-6-8-15-25/h5,9-13,16-19,21,25,31,34H,2,6-8,14-15,20H2,1,3-4H3,(H,35,38)/b12-5-,26-19+. The van der Waals surface area contributed by atoms with Crippen LogP contribution in [0.5, 0.6) is 0 Å². The molecule has 2 N–H and O–H groups in total. The first-order chi connectivity index (χ1) is 18.4. The van der Waals surface area contributed by atoms with Crippen LogP contribution in [0.25, 0.3) is 11.0 Å². The highest BCUT2D eigenvalue weighted by Gasteiger charge is 2.35. The minimum atomic E-state index is -0.828. The van der Waals surface area contributed by atoms with Crippen molar-refractivity contribution in [3.05, 3.63) is 102 Å². The van der Waals surface area contributed by atoms with Crippen LogP contribution in [0.1, 0.15) is 68.7 Å². The van der Waals surface area contributed by atoms with Gasteiger partial charge in [0, 0.05) is 29.7 Å². The Kier molecular flexibility index (Phi) is 8.95. The molecule has 1 aliphatic carbocycles. The Morgan fingerprint density at radius 2 is 1.95 bits per heavy atom. The number of rotatable bonds is 9. The molecule has 6 nitrogen and oxygen atoms in total. The van der Waals surface area contributed by atoms with Gasteiger partial charge in [0.25, 0.3) is 0 Å². The van der Waals surface area contributed by atoms with Gasteiger partial charge in [0.2, 0.25) is 11.8 Å². The minimum Gasteiger partial charge on any atom is -0.360 e. The summed E-state index contributed by atoms with van der Waals surface area (Å²) in [4.78, 5) is 37.7. The molecule has 3 aromatic rings. The van der Waals surface area contributed by atoms with E-state index in [4.69, 9.17) is 0 Å². The van der Waals surface area contributed by atoms with Gasteiger partial charge in [-0.05, 0) is 69.0 Å². The van der Waals surface area contributed by atoms with E-state index < -0.39 is 6.04 Å². The molecule has 2 aromatic heterocycles. The molecular weight excluding hydrogens is 472 g/mol. The summed E-state index contributed by atoms with van der Waals surface area (Å²) >= 11 is 0. The number of hydrogen-bond acceptors (Lipinski definition) is 3. The van der Waals surface area contributed by atoms with E-state index in [2.05, 4.69) is 21.9 Å². The number of aromatic amines is 1. The fraction of sp³-hybridized carbons (Fsp3) is 0.344. The van der Waals surface area contributed by atoms with E-state index in [-0.39, 0.29) is 24.3 Å². The summed E-state index contributed by atoms with van der Waals surface area (Å²) in [5, 5.41) is 3.29. The smallest absolute Gasteiger partial charge is 0.248 e. The van der Waals surface area contributed by atoms with Crippen molar-refractivity contribution in [1.29, 1.82) is 0 Å². The van der Waals surface area contributed by atoms with Crippen molar-refractivity contribution in [3.8, 4) is 0 Å². The number of allylic oxidation sites excluding steroid dienone is 4. The SMILES string of the molecule is C=C(C)/C=C(\C=C/C)N(C(=O)Cc1c[nH]c2cccnc12)C(C(=O)NC1CCCCC1)c1ccccc1C. The number of carbonyl (C=O) groups is 2. The van der Waals surface area contributed by atoms with E-state index in [1.165, 1.54) is 6.42 Å². The molecule has 38 heavy (non-hydrogen) atoms. The molecule has 0 radical (unpaired) electrons. The number of carbonyl (C=O) groups excluding carboxylic acids is 2. The molecule has 1 aromatic carbocycles. The summed E-state index contributed by atoms with van der Waals surface area (Å²) in [5.41, 5.74) is 5.61. The zero-order valence-corrected chi connectivity index (χ0v) is 22.7. The maximum atomic E-state index is 14.3. The number of fused-ring (bicyclic) bond motifs is 1. The van der Waals surface area contributed by atoms with Crippen molar-refractivity contribution in [1.82, 2.24) is 20.2 Å². The summed E-state index contributed by atoms with van der Waals surface area (Å²) in [6.45, 7) is 9.84. The fourth-order valence-electron chi connectivity index (χ4n) is 5.27. The van der Waals surface area contributed by atoms with Gasteiger partial charge in [0.15, 0.2) is 0 Å². The molecule has 2 heterocycles. The zero-order chi connectivity index (χ0) is 27.1. The second-order valence-corrected chi connectivity index (χ2v) is 10.2. The monoisotopic (exact) mass is 510 g/mol. The van der Waals surface area contributed by atoms with Crippen LogP contribution >= 0.6 is 0 Å². The van der Waals surface area contributed by atoms with E-state index in [0.29, 0.717) is 5.70 Å². The van der Waals surface area contributed by atoms with E-state index >= 15 is 0 Å². The number of aryl methyl sites for hydroxylation is 1. The normalized spacial score (nSPS) is 15.5. The predicted molar refractivity (Wildman–Crippen MR) is 153 cm³/mol. The molecule has 4 rings (SSSR count). The molecule has 6 heteroatoms. The van der Waals surface area contributed by atoms with Crippen LogP contribution in [0, 0.1) is 6.92 Å². The Morgan fingerprint density at radius 3 is 2.66 bits per heavy atom. The summed E-state index contributed by atoms with van der Waals surface area (Å²) in [7, 11) is 0. The third kappa shape index (κ3) is 6.31. The fourth-order valence-corrected chi connectivity index (χ4v) is 5.27. The highest BCUT2D eigenvalue weighted by Crippen LogP contribution is 2.31. The van der Waals surface area contributed by atoms with Crippen LogP contribution < -0.4 is 5.32 Å². The molecule has 1 fully saturated rings.